The zero-order valence-corrected chi connectivity index (χ0v) is 16.7. The fourth-order valence-electron chi connectivity index (χ4n) is 3.48. The number of hydrogen-bond donors (Lipinski definition) is 0. The number of methoxy groups -OCH3 is 3. The molecule has 1 aromatic rings. The van der Waals surface area contributed by atoms with Crippen molar-refractivity contribution in [1.29, 1.82) is 0 Å². The van der Waals surface area contributed by atoms with Crippen molar-refractivity contribution in [3.8, 4) is 5.75 Å². The molecule has 3 rings (SSSR count). The molecule has 0 bridgehead atoms. The molecule has 0 aromatic heterocycles. The highest BCUT2D eigenvalue weighted by atomic mass is 16.5. The Bertz CT molecular complexity index is 849. The first-order valence-electron chi connectivity index (χ1n) is 9.20. The number of nitrogens with zero attached hydrogens (tertiary/aromatic N) is 2. The van der Waals surface area contributed by atoms with Crippen molar-refractivity contribution in [2.45, 2.75) is 19.4 Å². The van der Waals surface area contributed by atoms with E-state index in [1.165, 1.54) is 14.2 Å². The van der Waals surface area contributed by atoms with E-state index in [0.717, 1.165) is 12.0 Å². The van der Waals surface area contributed by atoms with Gasteiger partial charge in [-0.1, -0.05) is 0 Å². The molecule has 1 aromatic carbocycles. The number of anilines is 1. The van der Waals surface area contributed by atoms with Gasteiger partial charge in [0.2, 0.25) is 5.91 Å². The lowest BCUT2D eigenvalue weighted by Gasteiger charge is -2.32. The highest BCUT2D eigenvalue weighted by molar-refractivity contribution is 6.03. The fourth-order valence-corrected chi connectivity index (χ4v) is 3.48. The molecule has 9 nitrogen and oxygen atoms in total. The van der Waals surface area contributed by atoms with Gasteiger partial charge in [-0.25, -0.2) is 9.59 Å². The molecular formula is C20H24N2O7. The van der Waals surface area contributed by atoms with Crippen molar-refractivity contribution < 1.29 is 33.3 Å². The van der Waals surface area contributed by atoms with E-state index in [2.05, 4.69) is 0 Å². The topological polar surface area (TPSA) is 94.6 Å². The number of carbonyl (C=O) groups is 3. The Hall–Kier alpha value is -3.07. The molecule has 1 amide bonds. The second-order valence-electron chi connectivity index (χ2n) is 6.63. The Kier molecular flexibility index (Phi) is 6.38. The molecule has 2 aliphatic rings. The Balaban J connectivity index is 2.01. The van der Waals surface area contributed by atoms with Crippen LogP contribution in [0.15, 0.2) is 29.5 Å². The maximum atomic E-state index is 12.4. The summed E-state index contributed by atoms with van der Waals surface area (Å²) in [6, 6.07) is 5.32. The average molecular weight is 404 g/mol. The van der Waals surface area contributed by atoms with Gasteiger partial charge in [0.1, 0.15) is 18.2 Å². The van der Waals surface area contributed by atoms with Gasteiger partial charge in [-0.2, -0.15) is 0 Å². The largest absolute Gasteiger partial charge is 0.496 e. The molecule has 1 fully saturated rings. The van der Waals surface area contributed by atoms with Crippen molar-refractivity contribution in [2.24, 2.45) is 0 Å². The minimum Gasteiger partial charge on any atom is -0.496 e. The lowest BCUT2D eigenvalue weighted by molar-refractivity contribution is -0.140. The van der Waals surface area contributed by atoms with Crippen LogP contribution in [0.2, 0.25) is 0 Å². The van der Waals surface area contributed by atoms with Crippen LogP contribution in [0.5, 0.6) is 5.75 Å². The maximum absolute atomic E-state index is 12.4. The summed E-state index contributed by atoms with van der Waals surface area (Å²) in [5.41, 5.74) is 1.54. The number of likely N-dealkylation sites (tertiary alicyclic amines) is 1. The third-order valence-electron chi connectivity index (χ3n) is 4.94. The summed E-state index contributed by atoms with van der Waals surface area (Å²) in [7, 11) is 4.04. The third kappa shape index (κ3) is 4.19. The van der Waals surface area contributed by atoms with Crippen molar-refractivity contribution >= 4 is 23.5 Å². The summed E-state index contributed by atoms with van der Waals surface area (Å²) in [4.78, 5) is 39.9. The molecule has 2 aliphatic heterocycles. The molecule has 9 heteroatoms. The van der Waals surface area contributed by atoms with Gasteiger partial charge in [-0.05, 0) is 24.6 Å². The van der Waals surface area contributed by atoms with E-state index in [4.69, 9.17) is 18.9 Å². The van der Waals surface area contributed by atoms with E-state index in [1.54, 1.807) is 29.0 Å². The van der Waals surface area contributed by atoms with E-state index < -0.39 is 11.9 Å². The number of ether oxygens (including phenoxy) is 4. The highest BCUT2D eigenvalue weighted by Crippen LogP contribution is 2.32. The summed E-state index contributed by atoms with van der Waals surface area (Å²) in [6.45, 7) is 1.09. The quantitative estimate of drug-likeness (QED) is 0.653. The van der Waals surface area contributed by atoms with E-state index in [-0.39, 0.29) is 30.5 Å². The molecule has 2 heterocycles. The van der Waals surface area contributed by atoms with Crippen LogP contribution in [0.4, 0.5) is 5.69 Å². The van der Waals surface area contributed by atoms with Crippen LogP contribution in [0.25, 0.3) is 0 Å². The molecule has 1 saturated heterocycles. The number of carbonyl (C=O) groups excluding carboxylic acids is 3. The van der Waals surface area contributed by atoms with Crippen molar-refractivity contribution in [1.82, 2.24) is 4.90 Å². The van der Waals surface area contributed by atoms with Crippen molar-refractivity contribution in [3.05, 3.63) is 35.0 Å². The van der Waals surface area contributed by atoms with Crippen LogP contribution in [0.1, 0.15) is 18.4 Å². The second-order valence-corrected chi connectivity index (χ2v) is 6.63. The van der Waals surface area contributed by atoms with E-state index in [9.17, 15) is 14.4 Å². The fraction of sp³-hybridized carbons (Fsp3) is 0.450. The third-order valence-corrected chi connectivity index (χ3v) is 4.94. The van der Waals surface area contributed by atoms with Crippen LogP contribution in [-0.4, -0.2) is 64.0 Å². The number of benzene rings is 1. The Morgan fingerprint density at radius 2 is 1.90 bits per heavy atom. The summed E-state index contributed by atoms with van der Waals surface area (Å²) in [5.74, 6) is -0.600. The zero-order chi connectivity index (χ0) is 21.0. The van der Waals surface area contributed by atoms with Crippen LogP contribution in [0, 0.1) is 0 Å². The lowest BCUT2D eigenvalue weighted by Crippen LogP contribution is -2.38. The second kappa shape index (κ2) is 8.95. The first kappa shape index (κ1) is 20.7. The highest BCUT2D eigenvalue weighted by Gasteiger charge is 2.33. The van der Waals surface area contributed by atoms with Crippen LogP contribution >= 0.6 is 0 Å². The van der Waals surface area contributed by atoms with Gasteiger partial charge >= 0.3 is 11.9 Å². The molecule has 0 saturated carbocycles. The minimum atomic E-state index is -0.666. The van der Waals surface area contributed by atoms with E-state index in [1.807, 2.05) is 6.07 Å². The number of rotatable bonds is 6. The van der Waals surface area contributed by atoms with Gasteiger partial charge in [0.25, 0.3) is 0 Å². The van der Waals surface area contributed by atoms with Gasteiger partial charge < -0.3 is 28.7 Å². The summed E-state index contributed by atoms with van der Waals surface area (Å²) >= 11 is 0. The van der Waals surface area contributed by atoms with Crippen molar-refractivity contribution in [2.75, 3.05) is 46.1 Å². The smallest absolute Gasteiger partial charge is 0.355 e. The Labute approximate surface area is 168 Å². The standard InChI is InChI=1S/C20H24N2O7/c1-26-16-7-6-14(9-13(16)10-21-8-4-5-17(21)23)22-12-29-11-15(19(24)27-2)18(22)20(25)28-3/h6-7,9H,4-5,8,10-12H2,1-3H3. The van der Waals surface area contributed by atoms with Gasteiger partial charge in [-0.3, -0.25) is 4.79 Å². The average Bonchev–Trinajstić information content (AvgIpc) is 3.16. The van der Waals surface area contributed by atoms with Crippen LogP contribution in [-0.2, 0) is 35.1 Å². The predicted octanol–water partition coefficient (Wildman–Crippen LogP) is 1.21. The summed E-state index contributed by atoms with van der Waals surface area (Å²) in [6.07, 6.45) is 1.37. The molecule has 0 aliphatic carbocycles. The summed E-state index contributed by atoms with van der Waals surface area (Å²) < 4.78 is 20.6. The first-order chi connectivity index (χ1) is 14.0. The van der Waals surface area contributed by atoms with Gasteiger partial charge in [0.15, 0.2) is 0 Å². The number of hydrogen-bond acceptors (Lipinski definition) is 8. The molecule has 0 N–H and O–H groups in total. The molecule has 0 spiro atoms. The Morgan fingerprint density at radius 3 is 2.52 bits per heavy atom. The van der Waals surface area contributed by atoms with Gasteiger partial charge in [0, 0.05) is 30.8 Å². The minimum absolute atomic E-state index is 0.0549. The zero-order valence-electron chi connectivity index (χ0n) is 16.7. The van der Waals surface area contributed by atoms with Gasteiger partial charge in [-0.15, -0.1) is 0 Å². The van der Waals surface area contributed by atoms with Crippen LogP contribution < -0.4 is 9.64 Å². The summed E-state index contributed by atoms with van der Waals surface area (Å²) in [5, 5.41) is 0. The molecule has 0 atom stereocenters. The van der Waals surface area contributed by atoms with E-state index in [0.29, 0.717) is 30.9 Å². The van der Waals surface area contributed by atoms with Crippen LogP contribution in [0.3, 0.4) is 0 Å². The Morgan fingerprint density at radius 1 is 1.14 bits per heavy atom. The van der Waals surface area contributed by atoms with Crippen molar-refractivity contribution in [3.63, 3.8) is 0 Å². The first-order valence-corrected chi connectivity index (χ1v) is 9.20. The molecule has 0 radical (unpaired) electrons. The molecule has 156 valence electrons. The monoisotopic (exact) mass is 404 g/mol. The number of amides is 1. The van der Waals surface area contributed by atoms with Gasteiger partial charge in [0.05, 0.1) is 33.5 Å². The number of esters is 2. The molecule has 29 heavy (non-hydrogen) atoms. The SMILES string of the molecule is COC(=O)C1=C(C(=O)OC)N(c2ccc(OC)c(CN3CCCC3=O)c2)COC1. The maximum Gasteiger partial charge on any atom is 0.355 e. The predicted molar refractivity (Wildman–Crippen MR) is 102 cm³/mol. The lowest BCUT2D eigenvalue weighted by atomic mass is 10.1. The normalized spacial score (nSPS) is 16.9. The molecular weight excluding hydrogens is 380 g/mol. The van der Waals surface area contributed by atoms with E-state index >= 15 is 0 Å². The molecule has 0 unspecified atom stereocenters.